The molecular formula is C18H19F3N4O. The van der Waals surface area contributed by atoms with Gasteiger partial charge in [0.25, 0.3) is 0 Å². The van der Waals surface area contributed by atoms with Crippen molar-refractivity contribution < 1.29 is 18.3 Å². The molecule has 4 rings (SSSR count). The van der Waals surface area contributed by atoms with E-state index in [4.69, 9.17) is 4.98 Å². The predicted molar refractivity (Wildman–Crippen MR) is 89.9 cm³/mol. The quantitative estimate of drug-likeness (QED) is 0.886. The molecule has 2 aromatic heterocycles. The molecule has 2 aliphatic rings. The molecule has 3 heterocycles. The van der Waals surface area contributed by atoms with E-state index in [1.165, 1.54) is 7.05 Å². The minimum Gasteiger partial charge on any atom is -0.368 e. The Morgan fingerprint density at radius 1 is 1.15 bits per heavy atom. The molecule has 5 nitrogen and oxygen atoms in total. The second-order valence-electron chi connectivity index (χ2n) is 6.95. The summed E-state index contributed by atoms with van der Waals surface area (Å²) in [6.07, 6.45) is -2.80. The number of aliphatic hydroxyl groups is 1. The molecule has 0 spiro atoms. The summed E-state index contributed by atoms with van der Waals surface area (Å²) >= 11 is 0. The fraction of sp³-hybridized carbons (Fsp3) is 0.444. The fourth-order valence-corrected chi connectivity index (χ4v) is 3.36. The number of aromatic nitrogens is 3. The molecule has 1 atom stereocenters. The molecule has 26 heavy (non-hydrogen) atoms. The van der Waals surface area contributed by atoms with E-state index < -0.39 is 18.1 Å². The van der Waals surface area contributed by atoms with Gasteiger partial charge in [0.2, 0.25) is 0 Å². The third kappa shape index (κ3) is 2.59. The normalized spacial score (nSPS) is 20.2. The number of aryl methyl sites for hydroxylation is 1. The fourth-order valence-electron chi connectivity index (χ4n) is 3.36. The lowest BCUT2D eigenvalue weighted by Crippen LogP contribution is -2.35. The lowest BCUT2D eigenvalue weighted by molar-refractivity contribution is -0.125. The molecule has 1 aliphatic heterocycles. The van der Waals surface area contributed by atoms with Crippen LogP contribution in [0.4, 0.5) is 13.2 Å². The molecule has 0 bridgehead atoms. The van der Waals surface area contributed by atoms with Crippen LogP contribution in [-0.2, 0) is 7.05 Å². The van der Waals surface area contributed by atoms with E-state index in [1.807, 2.05) is 19.1 Å². The van der Waals surface area contributed by atoms with E-state index in [9.17, 15) is 18.3 Å². The number of alkyl halides is 3. The Balaban J connectivity index is 1.87. The highest BCUT2D eigenvalue weighted by atomic mass is 19.4. The van der Waals surface area contributed by atoms with Crippen molar-refractivity contribution in [2.24, 2.45) is 7.05 Å². The molecule has 1 fully saturated rings. The number of nitrogens with zero attached hydrogens (tertiary/aromatic N) is 4. The van der Waals surface area contributed by atoms with Gasteiger partial charge in [-0.15, -0.1) is 0 Å². The summed E-state index contributed by atoms with van der Waals surface area (Å²) in [6, 6.07) is 3.95. The maximum Gasteiger partial charge on any atom is 0.431 e. The summed E-state index contributed by atoms with van der Waals surface area (Å²) in [6.45, 7) is 1.90. The topological polar surface area (TPSA) is 54.2 Å². The summed E-state index contributed by atoms with van der Waals surface area (Å²) < 4.78 is 41.3. The minimum absolute atomic E-state index is 0.124. The third-order valence-electron chi connectivity index (χ3n) is 5.05. The second kappa shape index (κ2) is 5.57. The largest absolute Gasteiger partial charge is 0.431 e. The van der Waals surface area contributed by atoms with E-state index in [0.717, 1.165) is 35.1 Å². The van der Waals surface area contributed by atoms with Gasteiger partial charge < -0.3 is 14.6 Å². The summed E-state index contributed by atoms with van der Waals surface area (Å²) in [7, 11) is 2.91. The Labute approximate surface area is 148 Å². The number of fused-ring (bicyclic) bond motifs is 1. The average Bonchev–Trinajstić information content (AvgIpc) is 3.35. The number of imidazole rings is 1. The zero-order valence-electron chi connectivity index (χ0n) is 14.7. The van der Waals surface area contributed by atoms with Crippen LogP contribution >= 0.6 is 0 Å². The van der Waals surface area contributed by atoms with E-state index >= 15 is 0 Å². The Morgan fingerprint density at radius 3 is 2.46 bits per heavy atom. The van der Waals surface area contributed by atoms with Crippen LogP contribution in [0.1, 0.15) is 47.6 Å². The van der Waals surface area contributed by atoms with Crippen LogP contribution in [0, 0.1) is 6.92 Å². The number of aliphatic hydroxyl groups excluding tert-OH is 1. The monoisotopic (exact) mass is 364 g/mol. The lowest BCUT2D eigenvalue weighted by atomic mass is 10.1. The molecule has 1 N–H and O–H groups in total. The number of hydrogen-bond acceptors (Lipinski definition) is 4. The second-order valence-corrected chi connectivity index (χ2v) is 6.95. The van der Waals surface area contributed by atoms with Crippen LogP contribution in [-0.4, -0.2) is 37.8 Å². The SMILES string of the molecule is Cc1ccc(C2CC2)nc1-c1nc2c(n1C)[C@@H](O)N(C)C(C(F)(F)F)=C2. The van der Waals surface area contributed by atoms with Crippen molar-refractivity contribution in [1.29, 1.82) is 0 Å². The van der Waals surface area contributed by atoms with Crippen LogP contribution < -0.4 is 0 Å². The van der Waals surface area contributed by atoms with Gasteiger partial charge in [0.15, 0.2) is 12.1 Å². The van der Waals surface area contributed by atoms with Crippen LogP contribution in [0.5, 0.6) is 0 Å². The first-order valence-electron chi connectivity index (χ1n) is 8.42. The van der Waals surface area contributed by atoms with E-state index in [1.54, 1.807) is 11.6 Å². The van der Waals surface area contributed by atoms with Gasteiger partial charge >= 0.3 is 6.18 Å². The zero-order valence-corrected chi connectivity index (χ0v) is 14.7. The van der Waals surface area contributed by atoms with Crippen molar-refractivity contribution in [3.05, 3.63) is 40.5 Å². The van der Waals surface area contributed by atoms with E-state index in [2.05, 4.69) is 4.98 Å². The molecule has 138 valence electrons. The molecule has 0 unspecified atom stereocenters. The standard InChI is InChI=1S/C18H19F3N4O/c1-9-4-7-11(10-5-6-10)22-14(9)16-23-12-8-13(18(19,20)21)24(2)17(26)15(12)25(16)3/h4,7-8,10,17,26H,5-6H2,1-3H3/t17-/m1/s1. The maximum absolute atomic E-state index is 13.2. The van der Waals surface area contributed by atoms with E-state index in [-0.39, 0.29) is 5.69 Å². The molecule has 0 aromatic carbocycles. The zero-order chi connectivity index (χ0) is 18.8. The molecule has 1 aliphatic carbocycles. The van der Waals surface area contributed by atoms with Gasteiger partial charge in [-0.05, 0) is 37.5 Å². The first-order chi connectivity index (χ1) is 12.2. The average molecular weight is 364 g/mol. The Hall–Kier alpha value is -2.35. The van der Waals surface area contributed by atoms with Crippen molar-refractivity contribution in [2.45, 2.75) is 38.1 Å². The molecule has 8 heteroatoms. The van der Waals surface area contributed by atoms with Crippen LogP contribution in [0.2, 0.25) is 0 Å². The maximum atomic E-state index is 13.2. The number of halogens is 3. The number of hydrogen-bond donors (Lipinski definition) is 1. The number of allylic oxidation sites excluding steroid dienone is 1. The Kier molecular flexibility index (Phi) is 3.66. The van der Waals surface area contributed by atoms with E-state index in [0.29, 0.717) is 23.1 Å². The molecule has 0 radical (unpaired) electrons. The summed E-state index contributed by atoms with van der Waals surface area (Å²) in [5.41, 5.74) is 2.05. The van der Waals surface area contributed by atoms with Crippen molar-refractivity contribution in [3.8, 4) is 11.5 Å². The van der Waals surface area contributed by atoms with Gasteiger partial charge in [0.05, 0.1) is 11.4 Å². The summed E-state index contributed by atoms with van der Waals surface area (Å²) in [4.78, 5) is 9.90. The molecule has 2 aromatic rings. The van der Waals surface area contributed by atoms with Gasteiger partial charge in [-0.1, -0.05) is 6.07 Å². The summed E-state index contributed by atoms with van der Waals surface area (Å²) in [5, 5.41) is 10.4. The Morgan fingerprint density at radius 2 is 1.85 bits per heavy atom. The van der Waals surface area contributed by atoms with Gasteiger partial charge in [-0.3, -0.25) is 0 Å². The summed E-state index contributed by atoms with van der Waals surface area (Å²) in [5.74, 6) is 0.916. The smallest absolute Gasteiger partial charge is 0.368 e. The Bertz CT molecular complexity index is 912. The van der Waals surface area contributed by atoms with Crippen molar-refractivity contribution in [2.75, 3.05) is 7.05 Å². The number of rotatable bonds is 2. The lowest BCUT2D eigenvalue weighted by Gasteiger charge is -2.32. The molecule has 1 saturated carbocycles. The highest BCUT2D eigenvalue weighted by molar-refractivity contribution is 5.64. The van der Waals surface area contributed by atoms with Crippen molar-refractivity contribution in [1.82, 2.24) is 19.4 Å². The van der Waals surface area contributed by atoms with Gasteiger partial charge in [0.1, 0.15) is 11.4 Å². The van der Waals surface area contributed by atoms with Gasteiger partial charge in [-0.25, -0.2) is 9.97 Å². The van der Waals surface area contributed by atoms with Crippen LogP contribution in [0.3, 0.4) is 0 Å². The van der Waals surface area contributed by atoms with Gasteiger partial charge in [-0.2, -0.15) is 13.2 Å². The predicted octanol–water partition coefficient (Wildman–Crippen LogP) is 3.51. The highest BCUT2D eigenvalue weighted by Gasteiger charge is 2.43. The molecular weight excluding hydrogens is 345 g/mol. The van der Waals surface area contributed by atoms with Crippen molar-refractivity contribution in [3.63, 3.8) is 0 Å². The molecule has 0 saturated heterocycles. The van der Waals surface area contributed by atoms with Crippen LogP contribution in [0.15, 0.2) is 17.8 Å². The number of pyridine rings is 1. The minimum atomic E-state index is -4.56. The third-order valence-corrected chi connectivity index (χ3v) is 5.05. The van der Waals surface area contributed by atoms with Crippen molar-refractivity contribution >= 4 is 6.08 Å². The van der Waals surface area contributed by atoms with Crippen LogP contribution in [0.25, 0.3) is 17.6 Å². The highest BCUT2D eigenvalue weighted by Crippen LogP contribution is 2.42. The molecule has 0 amide bonds. The van der Waals surface area contributed by atoms with Gasteiger partial charge in [0, 0.05) is 25.7 Å². The first-order valence-corrected chi connectivity index (χ1v) is 8.42. The first kappa shape index (κ1) is 17.1.